The van der Waals surface area contributed by atoms with Gasteiger partial charge in [-0.3, -0.25) is 9.59 Å². The number of ketones is 1. The van der Waals surface area contributed by atoms with Crippen LogP contribution in [0.1, 0.15) is 26.7 Å². The number of anilines is 1. The van der Waals surface area contributed by atoms with Gasteiger partial charge in [-0.15, -0.1) is 11.8 Å². The number of carbonyl (C=O) groups excluding carboxylic acids is 2. The number of benzene rings is 2. The third-order valence-electron chi connectivity index (χ3n) is 3.45. The number of halogens is 1. The molecule has 0 aliphatic carbocycles. The van der Waals surface area contributed by atoms with Crippen molar-refractivity contribution < 1.29 is 14.0 Å². The molecule has 1 aliphatic heterocycles. The zero-order valence-corrected chi connectivity index (χ0v) is 12.0. The van der Waals surface area contributed by atoms with Crippen LogP contribution in [-0.4, -0.2) is 17.9 Å². The Kier molecular flexibility index (Phi) is 3.51. The summed E-state index contributed by atoms with van der Waals surface area (Å²) in [5.41, 5.74) is 2.22. The Bertz CT molecular complexity index is 728. The van der Waals surface area contributed by atoms with Gasteiger partial charge in [-0.2, -0.15) is 0 Å². The molecule has 0 saturated carbocycles. The molecule has 1 aliphatic rings. The Morgan fingerprint density at radius 1 is 1.19 bits per heavy atom. The zero-order valence-electron chi connectivity index (χ0n) is 11.2. The van der Waals surface area contributed by atoms with E-state index >= 15 is 0 Å². The van der Waals surface area contributed by atoms with Gasteiger partial charge in [-0.1, -0.05) is 12.1 Å². The van der Waals surface area contributed by atoms with E-state index in [9.17, 15) is 14.0 Å². The number of nitrogens with one attached hydrogen (secondary N) is 1. The molecule has 1 N–H and O–H groups in total. The van der Waals surface area contributed by atoms with Crippen molar-refractivity contribution in [3.63, 3.8) is 0 Å². The van der Waals surface area contributed by atoms with Crippen LogP contribution in [0.4, 0.5) is 10.1 Å². The average molecular weight is 301 g/mol. The van der Waals surface area contributed by atoms with Crippen LogP contribution < -0.4 is 5.32 Å². The Hall–Kier alpha value is -2.14. The maximum atomic E-state index is 12.9. The summed E-state index contributed by atoms with van der Waals surface area (Å²) in [6.07, 6.45) is 1.85. The fourth-order valence-corrected chi connectivity index (χ4v) is 3.16. The lowest BCUT2D eigenvalue weighted by molar-refractivity contribution is -0.115. The summed E-state index contributed by atoms with van der Waals surface area (Å²) >= 11 is 1.43. The molecule has 21 heavy (non-hydrogen) atoms. The van der Waals surface area contributed by atoms with Crippen LogP contribution in [0.25, 0.3) is 0 Å². The molecule has 3 nitrogen and oxygen atoms in total. The maximum absolute atomic E-state index is 12.9. The van der Waals surface area contributed by atoms with Crippen LogP contribution in [0.5, 0.6) is 0 Å². The number of thioether (sulfide) groups is 1. The molecule has 5 heteroatoms. The van der Waals surface area contributed by atoms with Gasteiger partial charge in [0.25, 0.3) is 0 Å². The lowest BCUT2D eigenvalue weighted by atomic mass is 9.99. The number of carbonyl (C=O) groups is 2. The molecular formula is C16H12FNO2S. The highest BCUT2D eigenvalue weighted by Crippen LogP contribution is 2.41. The predicted octanol–water partition coefficient (Wildman–Crippen LogP) is 3.41. The average Bonchev–Trinajstić information content (AvgIpc) is 2.82. The van der Waals surface area contributed by atoms with Crippen LogP contribution in [-0.2, 0) is 4.79 Å². The standard InChI is InChI=1S/C16H12FNO2S/c1-21-15-12-4-2-3-11(13(12)18-16(15)20)14(19)9-5-7-10(17)8-6-9/h2-8,15H,1H3,(H,18,20). The van der Waals surface area contributed by atoms with Gasteiger partial charge in [0.15, 0.2) is 5.78 Å². The van der Waals surface area contributed by atoms with Gasteiger partial charge in [-0.25, -0.2) is 4.39 Å². The summed E-state index contributed by atoms with van der Waals surface area (Å²) in [5.74, 6) is -0.730. The zero-order chi connectivity index (χ0) is 15.0. The van der Waals surface area contributed by atoms with Crippen LogP contribution in [0, 0.1) is 5.82 Å². The van der Waals surface area contributed by atoms with Crippen molar-refractivity contribution in [1.82, 2.24) is 0 Å². The molecule has 0 aromatic heterocycles. The molecule has 0 radical (unpaired) electrons. The van der Waals surface area contributed by atoms with E-state index in [1.807, 2.05) is 12.3 Å². The van der Waals surface area contributed by atoms with Gasteiger partial charge in [0.1, 0.15) is 11.1 Å². The molecule has 1 heterocycles. The van der Waals surface area contributed by atoms with E-state index in [0.717, 1.165) is 5.56 Å². The Balaban J connectivity index is 2.05. The van der Waals surface area contributed by atoms with Crippen LogP contribution in [0.3, 0.4) is 0 Å². The van der Waals surface area contributed by atoms with Crippen LogP contribution >= 0.6 is 11.8 Å². The summed E-state index contributed by atoms with van der Waals surface area (Å²) in [6.45, 7) is 0. The maximum Gasteiger partial charge on any atom is 0.242 e. The van der Waals surface area contributed by atoms with Crippen molar-refractivity contribution in [2.24, 2.45) is 0 Å². The second-order valence-electron chi connectivity index (χ2n) is 4.71. The fourth-order valence-electron chi connectivity index (χ4n) is 2.44. The summed E-state index contributed by atoms with van der Waals surface area (Å²) in [4.78, 5) is 24.5. The van der Waals surface area contributed by atoms with Crippen molar-refractivity contribution >= 4 is 29.1 Å². The van der Waals surface area contributed by atoms with Gasteiger partial charge in [0.2, 0.25) is 5.91 Å². The lowest BCUT2D eigenvalue weighted by Gasteiger charge is -2.08. The smallest absolute Gasteiger partial charge is 0.242 e. The van der Waals surface area contributed by atoms with Crippen molar-refractivity contribution in [3.05, 3.63) is 65.0 Å². The molecule has 3 rings (SSSR count). The van der Waals surface area contributed by atoms with Crippen molar-refractivity contribution in [2.75, 3.05) is 11.6 Å². The van der Waals surface area contributed by atoms with E-state index in [4.69, 9.17) is 0 Å². The van der Waals surface area contributed by atoms with Crippen molar-refractivity contribution in [1.29, 1.82) is 0 Å². The summed E-state index contributed by atoms with van der Waals surface area (Å²) in [5, 5.41) is 2.48. The third-order valence-corrected chi connectivity index (χ3v) is 4.39. The number of hydrogen-bond acceptors (Lipinski definition) is 3. The van der Waals surface area contributed by atoms with E-state index < -0.39 is 0 Å². The quantitative estimate of drug-likeness (QED) is 0.884. The summed E-state index contributed by atoms with van der Waals surface area (Å²) < 4.78 is 12.9. The minimum Gasteiger partial charge on any atom is -0.324 e. The second kappa shape index (κ2) is 5.33. The Morgan fingerprint density at radius 3 is 2.57 bits per heavy atom. The lowest BCUT2D eigenvalue weighted by Crippen LogP contribution is -2.10. The number of hydrogen-bond donors (Lipinski definition) is 1. The summed E-state index contributed by atoms with van der Waals surface area (Å²) in [7, 11) is 0. The molecule has 1 unspecified atom stereocenters. The minimum absolute atomic E-state index is 0.114. The van der Waals surface area contributed by atoms with E-state index in [1.165, 1.54) is 36.0 Å². The van der Waals surface area contributed by atoms with Gasteiger partial charge < -0.3 is 5.32 Å². The van der Waals surface area contributed by atoms with Crippen LogP contribution in [0.15, 0.2) is 42.5 Å². The summed E-state index contributed by atoms with van der Waals surface area (Å²) in [6, 6.07) is 10.7. The predicted molar refractivity (Wildman–Crippen MR) is 81.2 cm³/mol. The molecule has 0 bridgehead atoms. The molecule has 2 aromatic carbocycles. The highest BCUT2D eigenvalue weighted by molar-refractivity contribution is 7.99. The SMILES string of the molecule is CSC1C(=O)Nc2c(C(=O)c3ccc(F)cc3)cccc21. The molecule has 0 spiro atoms. The third kappa shape index (κ3) is 2.34. The fraction of sp³-hybridized carbons (Fsp3) is 0.125. The molecule has 1 atom stereocenters. The normalized spacial score (nSPS) is 16.5. The molecule has 2 aromatic rings. The van der Waals surface area contributed by atoms with Crippen LogP contribution in [0.2, 0.25) is 0 Å². The highest BCUT2D eigenvalue weighted by Gasteiger charge is 2.32. The first kappa shape index (κ1) is 13.8. The molecule has 1 amide bonds. The van der Waals surface area contributed by atoms with Gasteiger partial charge in [0.05, 0.1) is 5.69 Å². The number of para-hydroxylation sites is 1. The molecular weight excluding hydrogens is 289 g/mol. The number of amides is 1. The van der Waals surface area contributed by atoms with Gasteiger partial charge in [0, 0.05) is 11.1 Å². The topological polar surface area (TPSA) is 46.2 Å². The van der Waals surface area contributed by atoms with E-state index in [2.05, 4.69) is 5.32 Å². The largest absolute Gasteiger partial charge is 0.324 e. The van der Waals surface area contributed by atoms with E-state index in [0.29, 0.717) is 16.8 Å². The monoisotopic (exact) mass is 301 g/mol. The first-order valence-corrected chi connectivity index (χ1v) is 7.67. The number of rotatable bonds is 3. The molecule has 0 fully saturated rings. The minimum atomic E-state index is -0.388. The highest BCUT2D eigenvalue weighted by atomic mass is 32.2. The first-order chi connectivity index (χ1) is 10.1. The van der Waals surface area contributed by atoms with Gasteiger partial charge >= 0.3 is 0 Å². The molecule has 0 saturated heterocycles. The van der Waals surface area contributed by atoms with E-state index in [1.54, 1.807) is 12.1 Å². The van der Waals surface area contributed by atoms with Crippen molar-refractivity contribution in [2.45, 2.75) is 5.25 Å². The Labute approximate surface area is 125 Å². The molecule has 106 valence electrons. The Morgan fingerprint density at radius 2 is 1.90 bits per heavy atom. The first-order valence-electron chi connectivity index (χ1n) is 6.38. The van der Waals surface area contributed by atoms with E-state index in [-0.39, 0.29) is 22.8 Å². The van der Waals surface area contributed by atoms with Crippen molar-refractivity contribution in [3.8, 4) is 0 Å². The number of fused-ring (bicyclic) bond motifs is 1. The van der Waals surface area contributed by atoms with Gasteiger partial charge in [-0.05, 0) is 42.2 Å². The second-order valence-corrected chi connectivity index (χ2v) is 5.65.